The van der Waals surface area contributed by atoms with Crippen LogP contribution in [0, 0.1) is 6.92 Å². The lowest BCUT2D eigenvalue weighted by molar-refractivity contribution is -0.118. The zero-order valence-corrected chi connectivity index (χ0v) is 10.3. The number of hydrogen-bond donors (Lipinski definition) is 2. The van der Waals surface area contributed by atoms with Crippen molar-refractivity contribution in [3.05, 3.63) is 16.5 Å². The van der Waals surface area contributed by atoms with Crippen molar-refractivity contribution in [2.24, 2.45) is 0 Å². The topological polar surface area (TPSA) is 66.9 Å². The van der Waals surface area contributed by atoms with Crippen LogP contribution in [0.25, 0.3) is 0 Å². The first-order valence-electron chi connectivity index (χ1n) is 4.57. The number of hydrogen-bond acceptors (Lipinski definition) is 4. The van der Waals surface area contributed by atoms with E-state index in [4.69, 9.17) is 0 Å². The van der Waals surface area contributed by atoms with E-state index in [-0.39, 0.29) is 5.91 Å². The van der Waals surface area contributed by atoms with Crippen LogP contribution in [0.2, 0.25) is 0 Å². The molecule has 82 valence electrons. The van der Waals surface area contributed by atoms with Crippen molar-refractivity contribution in [1.82, 2.24) is 15.3 Å². The van der Waals surface area contributed by atoms with Crippen LogP contribution in [-0.4, -0.2) is 29.0 Å². The Balaban J connectivity index is 2.43. The minimum atomic E-state index is -0.0327. The molecule has 1 aromatic rings. The molecule has 1 aromatic heterocycles. The third-order valence-electron chi connectivity index (χ3n) is 1.66. The van der Waals surface area contributed by atoms with Crippen molar-refractivity contribution in [1.29, 1.82) is 0 Å². The summed E-state index contributed by atoms with van der Waals surface area (Å²) in [6.07, 6.45) is 1.70. The van der Waals surface area contributed by atoms with Gasteiger partial charge in [-0.25, -0.2) is 9.97 Å². The van der Waals surface area contributed by atoms with E-state index in [0.717, 1.165) is 10.3 Å². The average molecular weight is 273 g/mol. The number of aromatic nitrogens is 2. The first-order chi connectivity index (χ1) is 7.09. The van der Waals surface area contributed by atoms with Gasteiger partial charge in [-0.3, -0.25) is 4.79 Å². The molecule has 0 spiro atoms. The van der Waals surface area contributed by atoms with Crippen molar-refractivity contribution < 1.29 is 4.79 Å². The quantitative estimate of drug-likeness (QED) is 0.806. The Morgan fingerprint density at radius 3 is 2.93 bits per heavy atom. The first kappa shape index (κ1) is 11.9. The summed E-state index contributed by atoms with van der Waals surface area (Å²) in [5, 5.41) is 5.79. The van der Waals surface area contributed by atoms with E-state index >= 15 is 0 Å². The zero-order chi connectivity index (χ0) is 11.3. The molecule has 2 N–H and O–H groups in total. The molecular weight excluding hydrogens is 260 g/mol. The molecule has 0 fully saturated rings. The summed E-state index contributed by atoms with van der Waals surface area (Å²) in [5.74, 6) is 1.42. The van der Waals surface area contributed by atoms with Gasteiger partial charge in [-0.1, -0.05) is 0 Å². The summed E-state index contributed by atoms with van der Waals surface area (Å²) in [6.45, 7) is 4.52. The normalized spacial score (nSPS) is 9.80. The van der Waals surface area contributed by atoms with E-state index in [9.17, 15) is 4.79 Å². The lowest BCUT2D eigenvalue weighted by Crippen LogP contribution is -2.26. The molecule has 0 unspecified atom stereocenters. The Labute approximate surface area is 96.8 Å². The number of nitrogens with one attached hydrogen (secondary N) is 2. The number of carbonyl (C=O) groups is 1. The molecule has 0 aliphatic carbocycles. The van der Waals surface area contributed by atoms with Gasteiger partial charge in [0.2, 0.25) is 5.91 Å². The highest BCUT2D eigenvalue weighted by molar-refractivity contribution is 9.10. The third kappa shape index (κ3) is 4.24. The van der Waals surface area contributed by atoms with Gasteiger partial charge in [0, 0.05) is 26.2 Å². The standard InChI is InChI=1S/C9H13BrN4O/c1-6-13-5-8(10)9(14-6)12-4-3-11-7(2)15/h5H,3-4H2,1-2H3,(H,11,15)(H,12,13,14). The fraction of sp³-hybridized carbons (Fsp3) is 0.444. The van der Waals surface area contributed by atoms with Gasteiger partial charge in [-0.05, 0) is 22.9 Å². The van der Waals surface area contributed by atoms with Crippen LogP contribution < -0.4 is 10.6 Å². The van der Waals surface area contributed by atoms with Crippen molar-refractivity contribution in [3.8, 4) is 0 Å². The Morgan fingerprint density at radius 1 is 1.53 bits per heavy atom. The molecule has 15 heavy (non-hydrogen) atoms. The molecule has 0 aliphatic heterocycles. The summed E-state index contributed by atoms with van der Waals surface area (Å²) in [6, 6.07) is 0. The molecule has 0 aliphatic rings. The number of halogens is 1. The van der Waals surface area contributed by atoms with Crippen LogP contribution in [-0.2, 0) is 4.79 Å². The maximum Gasteiger partial charge on any atom is 0.216 e. The van der Waals surface area contributed by atoms with Gasteiger partial charge in [0.1, 0.15) is 11.6 Å². The monoisotopic (exact) mass is 272 g/mol. The largest absolute Gasteiger partial charge is 0.367 e. The Bertz CT molecular complexity index is 356. The fourth-order valence-electron chi connectivity index (χ4n) is 0.999. The van der Waals surface area contributed by atoms with E-state index < -0.39 is 0 Å². The minimum Gasteiger partial charge on any atom is -0.367 e. The molecule has 0 saturated carbocycles. The molecule has 0 bridgehead atoms. The highest BCUT2D eigenvalue weighted by Crippen LogP contribution is 2.17. The van der Waals surface area contributed by atoms with Crippen LogP contribution in [0.1, 0.15) is 12.7 Å². The number of carbonyl (C=O) groups excluding carboxylic acids is 1. The first-order valence-corrected chi connectivity index (χ1v) is 5.36. The number of nitrogens with zero attached hydrogens (tertiary/aromatic N) is 2. The highest BCUT2D eigenvalue weighted by Gasteiger charge is 2.01. The number of aryl methyl sites for hydroxylation is 1. The minimum absolute atomic E-state index is 0.0327. The van der Waals surface area contributed by atoms with Gasteiger partial charge in [0.05, 0.1) is 4.47 Å². The predicted octanol–water partition coefficient (Wildman–Crippen LogP) is 1.10. The van der Waals surface area contributed by atoms with E-state index in [2.05, 4.69) is 36.5 Å². The smallest absolute Gasteiger partial charge is 0.216 e. The van der Waals surface area contributed by atoms with Crippen molar-refractivity contribution in [2.75, 3.05) is 18.4 Å². The maximum atomic E-state index is 10.6. The Kier molecular flexibility index (Phi) is 4.48. The van der Waals surface area contributed by atoms with E-state index in [1.54, 1.807) is 6.20 Å². The van der Waals surface area contributed by atoms with Crippen LogP contribution >= 0.6 is 15.9 Å². The molecule has 0 aromatic carbocycles. The SMILES string of the molecule is CC(=O)NCCNc1nc(C)ncc1Br. The summed E-state index contributed by atoms with van der Waals surface area (Å²) in [5.41, 5.74) is 0. The maximum absolute atomic E-state index is 10.6. The molecule has 1 rings (SSSR count). The van der Waals surface area contributed by atoms with Crippen LogP contribution in [0.5, 0.6) is 0 Å². The zero-order valence-electron chi connectivity index (χ0n) is 8.67. The van der Waals surface area contributed by atoms with Crippen molar-refractivity contribution >= 4 is 27.7 Å². The highest BCUT2D eigenvalue weighted by atomic mass is 79.9. The van der Waals surface area contributed by atoms with Gasteiger partial charge < -0.3 is 10.6 Å². The van der Waals surface area contributed by atoms with Gasteiger partial charge in [-0.2, -0.15) is 0 Å². The fourth-order valence-corrected chi connectivity index (χ4v) is 1.33. The predicted molar refractivity (Wildman–Crippen MR) is 61.6 cm³/mol. The summed E-state index contributed by atoms with van der Waals surface area (Å²) >= 11 is 3.34. The molecular formula is C9H13BrN4O. The van der Waals surface area contributed by atoms with Crippen LogP contribution in [0.3, 0.4) is 0 Å². The second kappa shape index (κ2) is 5.65. The van der Waals surface area contributed by atoms with Gasteiger partial charge in [0.15, 0.2) is 0 Å². The van der Waals surface area contributed by atoms with Gasteiger partial charge in [0.25, 0.3) is 0 Å². The molecule has 1 heterocycles. The second-order valence-electron chi connectivity index (χ2n) is 3.02. The van der Waals surface area contributed by atoms with Crippen molar-refractivity contribution in [3.63, 3.8) is 0 Å². The van der Waals surface area contributed by atoms with Crippen molar-refractivity contribution in [2.45, 2.75) is 13.8 Å². The second-order valence-corrected chi connectivity index (χ2v) is 3.88. The molecule has 5 nitrogen and oxygen atoms in total. The third-order valence-corrected chi connectivity index (χ3v) is 2.24. The van der Waals surface area contributed by atoms with E-state index in [1.807, 2.05) is 6.92 Å². The summed E-state index contributed by atoms with van der Waals surface area (Å²) in [4.78, 5) is 18.8. The lowest BCUT2D eigenvalue weighted by atomic mass is 10.5. The van der Waals surface area contributed by atoms with Gasteiger partial charge in [-0.15, -0.1) is 0 Å². The molecule has 6 heteroatoms. The van der Waals surface area contributed by atoms with Crippen LogP contribution in [0.15, 0.2) is 10.7 Å². The molecule has 1 amide bonds. The molecule has 0 saturated heterocycles. The molecule has 0 atom stereocenters. The number of anilines is 1. The Hall–Kier alpha value is -1.17. The number of amides is 1. The average Bonchev–Trinajstić information content (AvgIpc) is 2.17. The molecule has 0 radical (unpaired) electrons. The Morgan fingerprint density at radius 2 is 2.27 bits per heavy atom. The van der Waals surface area contributed by atoms with Gasteiger partial charge >= 0.3 is 0 Å². The lowest BCUT2D eigenvalue weighted by Gasteiger charge is -2.07. The van der Waals surface area contributed by atoms with E-state index in [0.29, 0.717) is 18.9 Å². The van der Waals surface area contributed by atoms with E-state index in [1.165, 1.54) is 6.92 Å². The summed E-state index contributed by atoms with van der Waals surface area (Å²) < 4.78 is 0.816. The number of rotatable bonds is 4. The van der Waals surface area contributed by atoms with Crippen LogP contribution in [0.4, 0.5) is 5.82 Å². The summed E-state index contributed by atoms with van der Waals surface area (Å²) in [7, 11) is 0.